The smallest absolute Gasteiger partial charge is 0.358 e. The van der Waals surface area contributed by atoms with E-state index in [1.54, 1.807) is 7.11 Å². The molecular weight excluding hydrogens is 384 g/mol. The number of methoxy groups -OCH3 is 1. The lowest BCUT2D eigenvalue weighted by molar-refractivity contribution is 0.0683. The normalized spacial score (nSPS) is 10.6. The van der Waals surface area contributed by atoms with Gasteiger partial charge in [0.1, 0.15) is 11.6 Å². The molecule has 156 valence electrons. The van der Waals surface area contributed by atoms with E-state index in [0.29, 0.717) is 5.75 Å². The summed E-state index contributed by atoms with van der Waals surface area (Å²) < 4.78 is 10.8. The standard InChI is InChI=1S/C23H24N2O5/c1-3-4-12-30-21-20(23(27)28)24-19(25-22(21)26)14-16-13-17(29-2)10-11-18(16)15-8-6-5-7-9-15/h5-11,13H,3-4,12,14H2,1-2H3,(H,27,28)(H,24,25,26). The van der Waals surface area contributed by atoms with E-state index >= 15 is 0 Å². The van der Waals surface area contributed by atoms with Crippen molar-refractivity contribution in [1.29, 1.82) is 0 Å². The molecule has 1 heterocycles. The number of benzene rings is 2. The monoisotopic (exact) mass is 408 g/mol. The first kappa shape index (κ1) is 21.1. The molecule has 1 aromatic heterocycles. The van der Waals surface area contributed by atoms with E-state index in [0.717, 1.165) is 29.5 Å². The van der Waals surface area contributed by atoms with Crippen LogP contribution in [0.1, 0.15) is 41.6 Å². The molecule has 0 radical (unpaired) electrons. The fourth-order valence-corrected chi connectivity index (χ4v) is 3.07. The van der Waals surface area contributed by atoms with E-state index in [-0.39, 0.29) is 30.3 Å². The van der Waals surface area contributed by atoms with Gasteiger partial charge in [-0.3, -0.25) is 0 Å². The van der Waals surface area contributed by atoms with Gasteiger partial charge in [-0.15, -0.1) is 0 Å². The predicted molar refractivity (Wildman–Crippen MR) is 112 cm³/mol. The molecule has 7 nitrogen and oxygen atoms in total. The molecule has 0 aliphatic heterocycles. The van der Waals surface area contributed by atoms with Crippen LogP contribution in [-0.2, 0) is 6.42 Å². The minimum atomic E-state index is -1.28. The molecule has 0 spiro atoms. The van der Waals surface area contributed by atoms with E-state index in [4.69, 9.17) is 9.47 Å². The van der Waals surface area contributed by atoms with Crippen molar-refractivity contribution in [2.75, 3.05) is 13.7 Å². The summed E-state index contributed by atoms with van der Waals surface area (Å²) in [7, 11) is 1.58. The van der Waals surface area contributed by atoms with Crippen LogP contribution < -0.4 is 9.47 Å². The molecule has 2 aromatic carbocycles. The lowest BCUT2D eigenvalue weighted by atomic mass is 9.97. The molecule has 7 heteroatoms. The molecule has 0 aliphatic rings. The summed E-state index contributed by atoms with van der Waals surface area (Å²) in [6, 6.07) is 15.4. The number of aromatic hydroxyl groups is 1. The third-order valence-corrected chi connectivity index (χ3v) is 4.59. The molecule has 3 rings (SSSR count). The molecule has 0 bridgehead atoms. The highest BCUT2D eigenvalue weighted by atomic mass is 16.5. The maximum atomic E-state index is 11.7. The summed E-state index contributed by atoms with van der Waals surface area (Å²) in [5, 5.41) is 19.9. The maximum Gasteiger partial charge on any atom is 0.358 e. The Labute approximate surface area is 175 Å². The second-order valence-corrected chi connectivity index (χ2v) is 6.71. The van der Waals surface area contributed by atoms with Gasteiger partial charge in [-0.2, -0.15) is 4.98 Å². The molecule has 0 saturated heterocycles. The maximum absolute atomic E-state index is 11.7. The average Bonchev–Trinajstić information content (AvgIpc) is 2.75. The van der Waals surface area contributed by atoms with Gasteiger partial charge in [0.2, 0.25) is 5.75 Å². The summed E-state index contributed by atoms with van der Waals surface area (Å²) >= 11 is 0. The van der Waals surface area contributed by atoms with Gasteiger partial charge in [-0.05, 0) is 35.2 Å². The molecule has 0 atom stereocenters. The van der Waals surface area contributed by atoms with Crippen molar-refractivity contribution in [3.8, 4) is 28.5 Å². The first-order valence-corrected chi connectivity index (χ1v) is 9.71. The fourth-order valence-electron chi connectivity index (χ4n) is 3.07. The highest BCUT2D eigenvalue weighted by Gasteiger charge is 2.22. The number of rotatable bonds is 9. The van der Waals surface area contributed by atoms with E-state index in [1.165, 1.54) is 0 Å². The van der Waals surface area contributed by atoms with Crippen molar-refractivity contribution in [3.05, 3.63) is 65.6 Å². The Morgan fingerprint density at radius 1 is 1.10 bits per heavy atom. The van der Waals surface area contributed by atoms with Crippen LogP contribution in [0.15, 0.2) is 48.5 Å². The van der Waals surface area contributed by atoms with Gasteiger partial charge in [0.15, 0.2) is 5.69 Å². The van der Waals surface area contributed by atoms with Gasteiger partial charge in [0.25, 0.3) is 5.88 Å². The highest BCUT2D eigenvalue weighted by molar-refractivity contribution is 5.89. The quantitative estimate of drug-likeness (QED) is 0.508. The zero-order valence-corrected chi connectivity index (χ0v) is 17.0. The molecule has 2 N–H and O–H groups in total. The Bertz CT molecular complexity index is 1020. The number of hydrogen-bond donors (Lipinski definition) is 2. The van der Waals surface area contributed by atoms with Crippen LogP contribution in [0.2, 0.25) is 0 Å². The molecule has 3 aromatic rings. The Hall–Kier alpha value is -3.61. The Morgan fingerprint density at radius 2 is 1.87 bits per heavy atom. The van der Waals surface area contributed by atoms with Crippen LogP contribution in [0, 0.1) is 0 Å². The van der Waals surface area contributed by atoms with Crippen LogP contribution >= 0.6 is 0 Å². The summed E-state index contributed by atoms with van der Waals surface area (Å²) in [5.41, 5.74) is 2.44. The molecular formula is C23H24N2O5. The average molecular weight is 408 g/mol. The van der Waals surface area contributed by atoms with Crippen molar-refractivity contribution >= 4 is 5.97 Å². The number of carboxylic acid groups (broad SMARTS) is 1. The molecule has 30 heavy (non-hydrogen) atoms. The molecule has 0 amide bonds. The Balaban J connectivity index is 2.00. The number of hydrogen-bond acceptors (Lipinski definition) is 6. The SMILES string of the molecule is CCCCOc1c(O)nc(Cc2cc(OC)ccc2-c2ccccc2)nc1C(=O)O. The van der Waals surface area contributed by atoms with Gasteiger partial charge in [-0.25, -0.2) is 9.78 Å². The second-order valence-electron chi connectivity index (χ2n) is 6.71. The lowest BCUT2D eigenvalue weighted by Gasteiger charge is -2.14. The number of unbranched alkanes of at least 4 members (excludes halogenated alkanes) is 1. The number of ether oxygens (including phenoxy) is 2. The van der Waals surface area contributed by atoms with E-state index < -0.39 is 11.8 Å². The number of carboxylic acids is 1. The van der Waals surface area contributed by atoms with Crippen LogP contribution in [0.3, 0.4) is 0 Å². The summed E-state index contributed by atoms with van der Waals surface area (Å²) in [6.07, 6.45) is 1.81. The third-order valence-electron chi connectivity index (χ3n) is 4.59. The number of carbonyl (C=O) groups is 1. The summed E-state index contributed by atoms with van der Waals surface area (Å²) in [5.74, 6) is -1.12. The Morgan fingerprint density at radius 3 is 2.53 bits per heavy atom. The van der Waals surface area contributed by atoms with Crippen LogP contribution in [0.25, 0.3) is 11.1 Å². The van der Waals surface area contributed by atoms with Gasteiger partial charge >= 0.3 is 5.97 Å². The fraction of sp³-hybridized carbons (Fsp3) is 0.261. The highest BCUT2D eigenvalue weighted by Crippen LogP contribution is 2.31. The zero-order valence-electron chi connectivity index (χ0n) is 17.0. The first-order chi connectivity index (χ1) is 14.5. The van der Waals surface area contributed by atoms with Crippen LogP contribution in [0.5, 0.6) is 17.4 Å². The van der Waals surface area contributed by atoms with Crippen molar-refractivity contribution in [2.45, 2.75) is 26.2 Å². The molecule has 0 unspecified atom stereocenters. The van der Waals surface area contributed by atoms with E-state index in [2.05, 4.69) is 9.97 Å². The first-order valence-electron chi connectivity index (χ1n) is 9.71. The minimum Gasteiger partial charge on any atom is -0.497 e. The lowest BCUT2D eigenvalue weighted by Crippen LogP contribution is -2.11. The van der Waals surface area contributed by atoms with Gasteiger partial charge in [0, 0.05) is 6.42 Å². The van der Waals surface area contributed by atoms with Crippen LogP contribution in [-0.4, -0.2) is 39.9 Å². The van der Waals surface area contributed by atoms with Crippen molar-refractivity contribution < 1.29 is 24.5 Å². The van der Waals surface area contributed by atoms with Crippen LogP contribution in [0.4, 0.5) is 0 Å². The van der Waals surface area contributed by atoms with Gasteiger partial charge in [0.05, 0.1) is 13.7 Å². The molecule has 0 saturated carbocycles. The second kappa shape index (κ2) is 9.73. The number of aromatic nitrogens is 2. The van der Waals surface area contributed by atoms with E-state index in [9.17, 15) is 15.0 Å². The number of aromatic carboxylic acids is 1. The Kier molecular flexibility index (Phi) is 6.85. The van der Waals surface area contributed by atoms with Gasteiger partial charge in [-0.1, -0.05) is 49.7 Å². The number of nitrogens with zero attached hydrogens (tertiary/aromatic N) is 2. The molecule has 0 aliphatic carbocycles. The topological polar surface area (TPSA) is 102 Å². The predicted octanol–water partition coefficient (Wildman–Crippen LogP) is 4.33. The van der Waals surface area contributed by atoms with Crippen molar-refractivity contribution in [2.24, 2.45) is 0 Å². The largest absolute Gasteiger partial charge is 0.497 e. The van der Waals surface area contributed by atoms with Crippen molar-refractivity contribution in [3.63, 3.8) is 0 Å². The van der Waals surface area contributed by atoms with Gasteiger partial charge < -0.3 is 19.7 Å². The zero-order chi connectivity index (χ0) is 21.5. The molecule has 0 fully saturated rings. The third kappa shape index (κ3) is 4.86. The van der Waals surface area contributed by atoms with Crippen molar-refractivity contribution in [1.82, 2.24) is 9.97 Å². The summed E-state index contributed by atoms with van der Waals surface area (Å²) in [4.78, 5) is 20.0. The van der Waals surface area contributed by atoms with E-state index in [1.807, 2.05) is 55.5 Å². The minimum absolute atomic E-state index is 0.179. The summed E-state index contributed by atoms with van der Waals surface area (Å²) in [6.45, 7) is 2.26.